The molecular formula is C22H26ClN3O3. The molecule has 6 nitrogen and oxygen atoms in total. The lowest BCUT2D eigenvalue weighted by Crippen LogP contribution is -2.25. The van der Waals surface area contributed by atoms with Crippen LogP contribution >= 0.6 is 11.6 Å². The zero-order chi connectivity index (χ0) is 20.8. The van der Waals surface area contributed by atoms with Crippen LogP contribution in [0.4, 0.5) is 0 Å². The van der Waals surface area contributed by atoms with E-state index in [2.05, 4.69) is 17.3 Å². The largest absolute Gasteiger partial charge is 0.486 e. The molecule has 0 bridgehead atoms. The zero-order valence-electron chi connectivity index (χ0n) is 17.0. The van der Waals surface area contributed by atoms with Crippen LogP contribution in [0.25, 0.3) is 0 Å². The maximum absolute atomic E-state index is 12.3. The monoisotopic (exact) mass is 415 g/mol. The molecule has 3 aromatic rings. The average Bonchev–Trinajstić information content (AvgIpc) is 3.31. The third-order valence-electron chi connectivity index (χ3n) is 4.72. The Labute approximate surface area is 175 Å². The molecule has 2 aromatic heterocycles. The van der Waals surface area contributed by atoms with Crippen molar-refractivity contribution in [2.24, 2.45) is 0 Å². The molecule has 0 saturated carbocycles. The van der Waals surface area contributed by atoms with Gasteiger partial charge in [-0.3, -0.25) is 9.48 Å². The first kappa shape index (κ1) is 21.0. The van der Waals surface area contributed by atoms with Crippen molar-refractivity contribution in [2.45, 2.75) is 46.8 Å². The average molecular weight is 416 g/mol. The first-order chi connectivity index (χ1) is 14.0. The van der Waals surface area contributed by atoms with Gasteiger partial charge in [0.1, 0.15) is 18.1 Å². The van der Waals surface area contributed by atoms with Gasteiger partial charge in [-0.2, -0.15) is 5.10 Å². The lowest BCUT2D eigenvalue weighted by Gasteiger charge is -2.06. The molecule has 0 atom stereocenters. The van der Waals surface area contributed by atoms with Gasteiger partial charge in [-0.1, -0.05) is 30.7 Å². The molecule has 0 saturated heterocycles. The summed E-state index contributed by atoms with van der Waals surface area (Å²) in [5, 5.41) is 7.94. The van der Waals surface area contributed by atoms with E-state index in [1.807, 2.05) is 42.8 Å². The predicted molar refractivity (Wildman–Crippen MR) is 113 cm³/mol. The molecular weight excluding hydrogens is 390 g/mol. The summed E-state index contributed by atoms with van der Waals surface area (Å²) in [4.78, 5) is 12.3. The predicted octanol–water partition coefficient (Wildman–Crippen LogP) is 4.71. The van der Waals surface area contributed by atoms with E-state index in [9.17, 15) is 4.79 Å². The molecule has 0 unspecified atom stereocenters. The quantitative estimate of drug-likeness (QED) is 0.514. The van der Waals surface area contributed by atoms with Crippen molar-refractivity contribution in [1.82, 2.24) is 15.1 Å². The third kappa shape index (κ3) is 5.41. The highest BCUT2D eigenvalue weighted by molar-refractivity contribution is 6.31. The maximum Gasteiger partial charge on any atom is 0.286 e. The van der Waals surface area contributed by atoms with Gasteiger partial charge in [0, 0.05) is 13.1 Å². The number of hydrogen-bond donors (Lipinski definition) is 1. The lowest BCUT2D eigenvalue weighted by atomic mass is 10.2. The van der Waals surface area contributed by atoms with Gasteiger partial charge in [-0.15, -0.1) is 0 Å². The van der Waals surface area contributed by atoms with E-state index in [1.54, 1.807) is 12.1 Å². The number of furan rings is 1. The van der Waals surface area contributed by atoms with Gasteiger partial charge in [-0.25, -0.2) is 0 Å². The summed E-state index contributed by atoms with van der Waals surface area (Å²) >= 11 is 6.15. The fourth-order valence-corrected chi connectivity index (χ4v) is 3.10. The van der Waals surface area contributed by atoms with Gasteiger partial charge in [0.2, 0.25) is 0 Å². The van der Waals surface area contributed by atoms with E-state index in [1.165, 1.54) is 5.56 Å². The van der Waals surface area contributed by atoms with Crippen molar-refractivity contribution in [1.29, 1.82) is 0 Å². The molecule has 0 spiro atoms. The number of carbonyl (C=O) groups is 1. The summed E-state index contributed by atoms with van der Waals surface area (Å²) in [7, 11) is 0. The van der Waals surface area contributed by atoms with Gasteiger partial charge in [0.25, 0.3) is 5.91 Å². The number of nitrogens with zero attached hydrogens (tertiary/aromatic N) is 2. The Morgan fingerprint density at radius 3 is 2.62 bits per heavy atom. The molecule has 0 aliphatic carbocycles. The topological polar surface area (TPSA) is 69.3 Å². The molecule has 29 heavy (non-hydrogen) atoms. The molecule has 1 amide bonds. The standard InChI is InChI=1S/C22H26ClN3O3/c1-4-17-6-8-18(9-7-17)28-14-19-10-11-20(29-19)22(27)24-12-5-13-26-16(3)21(23)15(2)25-26/h6-11H,4-5,12-14H2,1-3H3,(H,24,27). The van der Waals surface area contributed by atoms with Crippen LogP contribution in [0.15, 0.2) is 40.8 Å². The van der Waals surface area contributed by atoms with Crippen LogP contribution in [-0.4, -0.2) is 22.2 Å². The molecule has 0 aliphatic heterocycles. The molecule has 1 aromatic carbocycles. The fraction of sp³-hybridized carbons (Fsp3) is 0.364. The van der Waals surface area contributed by atoms with Crippen LogP contribution in [0.2, 0.25) is 5.02 Å². The molecule has 3 rings (SSSR count). The van der Waals surface area contributed by atoms with Gasteiger partial charge in [0.05, 0.1) is 16.4 Å². The van der Waals surface area contributed by atoms with Crippen LogP contribution < -0.4 is 10.1 Å². The van der Waals surface area contributed by atoms with Gasteiger partial charge in [-0.05, 0) is 56.5 Å². The molecule has 0 aliphatic rings. The summed E-state index contributed by atoms with van der Waals surface area (Å²) in [5.41, 5.74) is 3.02. The summed E-state index contributed by atoms with van der Waals surface area (Å²) in [6, 6.07) is 11.4. The Hall–Kier alpha value is -2.73. The van der Waals surface area contributed by atoms with Gasteiger partial charge >= 0.3 is 0 Å². The molecule has 2 heterocycles. The Morgan fingerprint density at radius 1 is 1.21 bits per heavy atom. The van der Waals surface area contributed by atoms with Crippen molar-refractivity contribution in [2.75, 3.05) is 6.54 Å². The smallest absolute Gasteiger partial charge is 0.286 e. The number of aryl methyl sites for hydroxylation is 3. The Balaban J connectivity index is 1.43. The van der Waals surface area contributed by atoms with Crippen molar-refractivity contribution < 1.29 is 13.9 Å². The van der Waals surface area contributed by atoms with Gasteiger partial charge < -0.3 is 14.5 Å². The van der Waals surface area contributed by atoms with Crippen molar-refractivity contribution in [3.05, 3.63) is 69.9 Å². The van der Waals surface area contributed by atoms with E-state index in [0.29, 0.717) is 23.9 Å². The highest BCUT2D eigenvalue weighted by atomic mass is 35.5. The zero-order valence-corrected chi connectivity index (χ0v) is 17.8. The third-order valence-corrected chi connectivity index (χ3v) is 5.27. The lowest BCUT2D eigenvalue weighted by molar-refractivity contribution is 0.0920. The first-order valence-electron chi connectivity index (χ1n) is 9.76. The molecule has 0 fully saturated rings. The second kappa shape index (κ2) is 9.65. The SMILES string of the molecule is CCc1ccc(OCc2ccc(C(=O)NCCCn3nc(C)c(Cl)c3C)o2)cc1. The Morgan fingerprint density at radius 2 is 1.97 bits per heavy atom. The van der Waals surface area contributed by atoms with E-state index in [0.717, 1.165) is 30.0 Å². The number of halogens is 1. The van der Waals surface area contributed by atoms with Crippen molar-refractivity contribution in [3.63, 3.8) is 0 Å². The number of hydrogen-bond acceptors (Lipinski definition) is 4. The minimum atomic E-state index is -0.241. The number of benzene rings is 1. The van der Waals surface area contributed by atoms with Crippen LogP contribution in [0.3, 0.4) is 0 Å². The van der Waals surface area contributed by atoms with E-state index >= 15 is 0 Å². The summed E-state index contributed by atoms with van der Waals surface area (Å²) in [5.74, 6) is 1.41. The minimum Gasteiger partial charge on any atom is -0.486 e. The Bertz CT molecular complexity index is 960. The minimum absolute atomic E-state index is 0.241. The second-order valence-electron chi connectivity index (χ2n) is 6.87. The van der Waals surface area contributed by atoms with Gasteiger partial charge in [0.15, 0.2) is 5.76 Å². The number of amides is 1. The maximum atomic E-state index is 12.3. The second-order valence-corrected chi connectivity index (χ2v) is 7.25. The highest BCUT2D eigenvalue weighted by Crippen LogP contribution is 2.19. The van der Waals surface area contributed by atoms with E-state index in [-0.39, 0.29) is 18.3 Å². The van der Waals surface area contributed by atoms with Crippen LogP contribution in [-0.2, 0) is 19.6 Å². The molecule has 7 heteroatoms. The number of ether oxygens (including phenoxy) is 1. The highest BCUT2D eigenvalue weighted by Gasteiger charge is 2.12. The number of aromatic nitrogens is 2. The summed E-state index contributed by atoms with van der Waals surface area (Å²) in [6.45, 7) is 7.41. The summed E-state index contributed by atoms with van der Waals surface area (Å²) in [6.07, 6.45) is 1.74. The Kier molecular flexibility index (Phi) is 6.99. The fourth-order valence-electron chi connectivity index (χ4n) is 2.96. The first-order valence-corrected chi connectivity index (χ1v) is 10.1. The van der Waals surface area contributed by atoms with Crippen LogP contribution in [0, 0.1) is 13.8 Å². The van der Waals surface area contributed by atoms with Crippen LogP contribution in [0.1, 0.15) is 46.6 Å². The van der Waals surface area contributed by atoms with Crippen molar-refractivity contribution in [3.8, 4) is 5.75 Å². The number of carbonyl (C=O) groups excluding carboxylic acids is 1. The van der Waals surface area contributed by atoms with E-state index < -0.39 is 0 Å². The van der Waals surface area contributed by atoms with Crippen molar-refractivity contribution >= 4 is 17.5 Å². The number of rotatable bonds is 9. The number of nitrogens with one attached hydrogen (secondary N) is 1. The molecule has 0 radical (unpaired) electrons. The van der Waals surface area contributed by atoms with E-state index in [4.69, 9.17) is 20.8 Å². The molecule has 1 N–H and O–H groups in total. The summed E-state index contributed by atoms with van der Waals surface area (Å²) < 4.78 is 13.2. The van der Waals surface area contributed by atoms with Crippen LogP contribution in [0.5, 0.6) is 5.75 Å². The normalized spacial score (nSPS) is 10.9. The molecule has 154 valence electrons.